The highest BCUT2D eigenvalue weighted by Crippen LogP contribution is 2.27. The Bertz CT molecular complexity index is 1230. The van der Waals surface area contributed by atoms with Crippen LogP contribution < -0.4 is 10.1 Å². The predicted molar refractivity (Wildman–Crippen MR) is 120 cm³/mol. The fourth-order valence-corrected chi connectivity index (χ4v) is 3.83. The average molecular weight is 485 g/mol. The summed E-state index contributed by atoms with van der Waals surface area (Å²) in [5.74, 6) is 0.102. The topological polar surface area (TPSA) is 81.9 Å². The van der Waals surface area contributed by atoms with Gasteiger partial charge in [0.2, 0.25) is 5.91 Å². The quantitative estimate of drug-likeness (QED) is 0.367. The van der Waals surface area contributed by atoms with E-state index in [2.05, 4.69) is 25.2 Å². The molecule has 7 nitrogen and oxygen atoms in total. The molecule has 2 aromatic carbocycles. The Balaban J connectivity index is 1.40. The molecule has 0 aliphatic carbocycles. The van der Waals surface area contributed by atoms with Crippen LogP contribution in [0.5, 0.6) is 5.75 Å². The molecule has 0 fully saturated rings. The maximum atomic E-state index is 12.4. The monoisotopic (exact) mass is 485 g/mol. The number of hydrogen-bond donors (Lipinski definition) is 1. The van der Waals surface area contributed by atoms with Crippen molar-refractivity contribution >= 4 is 17.7 Å². The third-order valence-electron chi connectivity index (χ3n) is 4.55. The van der Waals surface area contributed by atoms with E-state index < -0.39 is 6.36 Å². The molecule has 0 saturated carbocycles. The third kappa shape index (κ3) is 6.13. The van der Waals surface area contributed by atoms with Gasteiger partial charge in [-0.25, -0.2) is 0 Å². The number of ether oxygens (including phenoxy) is 1. The third-order valence-corrected chi connectivity index (χ3v) is 5.48. The van der Waals surface area contributed by atoms with E-state index in [9.17, 15) is 18.0 Å². The number of pyridine rings is 1. The zero-order chi connectivity index (χ0) is 24.0. The van der Waals surface area contributed by atoms with Gasteiger partial charge in [-0.05, 0) is 42.0 Å². The molecule has 0 bridgehead atoms. The van der Waals surface area contributed by atoms with Crippen LogP contribution in [-0.2, 0) is 11.3 Å². The number of amides is 1. The minimum Gasteiger partial charge on any atom is -0.406 e. The number of halogens is 3. The summed E-state index contributed by atoms with van der Waals surface area (Å²) in [7, 11) is 0. The van der Waals surface area contributed by atoms with Crippen molar-refractivity contribution in [2.75, 3.05) is 5.75 Å². The molecule has 1 amide bonds. The molecule has 1 N–H and O–H groups in total. The first kappa shape index (κ1) is 23.3. The molecule has 11 heteroatoms. The van der Waals surface area contributed by atoms with Gasteiger partial charge in [-0.2, -0.15) is 0 Å². The van der Waals surface area contributed by atoms with Gasteiger partial charge in [-0.3, -0.25) is 14.3 Å². The molecule has 34 heavy (non-hydrogen) atoms. The highest BCUT2D eigenvalue weighted by atomic mass is 32.2. The Kier molecular flexibility index (Phi) is 7.12. The van der Waals surface area contributed by atoms with E-state index in [1.54, 1.807) is 18.5 Å². The molecule has 0 unspecified atom stereocenters. The first-order valence-corrected chi connectivity index (χ1v) is 11.0. The van der Waals surface area contributed by atoms with Crippen molar-refractivity contribution in [3.8, 4) is 22.8 Å². The van der Waals surface area contributed by atoms with Crippen LogP contribution in [0.15, 0.2) is 84.3 Å². The summed E-state index contributed by atoms with van der Waals surface area (Å²) in [4.78, 5) is 16.5. The smallest absolute Gasteiger partial charge is 0.406 e. The SMILES string of the molecule is O=C(CSc1nnc(-c2cccnc2)n1-c1ccccc1)NCc1ccc(OC(F)(F)F)cc1. The van der Waals surface area contributed by atoms with Crippen LogP contribution >= 0.6 is 11.8 Å². The number of thioether (sulfide) groups is 1. The minimum atomic E-state index is -4.75. The van der Waals surface area contributed by atoms with Gasteiger partial charge >= 0.3 is 6.36 Å². The molecule has 0 saturated heterocycles. The molecule has 2 aromatic heterocycles. The van der Waals surface area contributed by atoms with E-state index in [1.807, 2.05) is 41.0 Å². The van der Waals surface area contributed by atoms with Crippen LogP contribution in [0.1, 0.15) is 5.56 Å². The lowest BCUT2D eigenvalue weighted by Crippen LogP contribution is -2.24. The lowest BCUT2D eigenvalue weighted by Gasteiger charge is -2.11. The van der Waals surface area contributed by atoms with Gasteiger partial charge in [0.1, 0.15) is 5.75 Å². The fraction of sp³-hybridized carbons (Fsp3) is 0.130. The second kappa shape index (κ2) is 10.4. The summed E-state index contributed by atoms with van der Waals surface area (Å²) in [6, 6.07) is 18.5. The van der Waals surface area contributed by atoms with Crippen molar-refractivity contribution in [2.45, 2.75) is 18.1 Å². The zero-order valence-electron chi connectivity index (χ0n) is 17.6. The first-order valence-electron chi connectivity index (χ1n) is 10.0. The van der Waals surface area contributed by atoms with Gasteiger partial charge in [0.15, 0.2) is 11.0 Å². The zero-order valence-corrected chi connectivity index (χ0v) is 18.4. The van der Waals surface area contributed by atoms with Gasteiger partial charge in [-0.1, -0.05) is 42.1 Å². The number of nitrogens with zero attached hydrogens (tertiary/aromatic N) is 4. The number of rotatable bonds is 8. The summed E-state index contributed by atoms with van der Waals surface area (Å²) in [6.07, 6.45) is -1.39. The Morgan fingerprint density at radius 3 is 2.44 bits per heavy atom. The van der Waals surface area contributed by atoms with E-state index in [-0.39, 0.29) is 24.0 Å². The summed E-state index contributed by atoms with van der Waals surface area (Å²) < 4.78 is 42.5. The number of carbonyl (C=O) groups excluding carboxylic acids is 1. The largest absolute Gasteiger partial charge is 0.573 e. The Hall–Kier alpha value is -3.86. The lowest BCUT2D eigenvalue weighted by atomic mass is 10.2. The van der Waals surface area contributed by atoms with Gasteiger partial charge in [0.05, 0.1) is 5.75 Å². The van der Waals surface area contributed by atoms with Crippen LogP contribution in [0.4, 0.5) is 13.2 Å². The van der Waals surface area contributed by atoms with Crippen LogP contribution in [-0.4, -0.2) is 37.8 Å². The number of carbonyl (C=O) groups is 1. The van der Waals surface area contributed by atoms with Crippen molar-refractivity contribution in [3.63, 3.8) is 0 Å². The highest BCUT2D eigenvalue weighted by Gasteiger charge is 2.30. The summed E-state index contributed by atoms with van der Waals surface area (Å²) in [6.45, 7) is 0.165. The van der Waals surface area contributed by atoms with E-state index in [1.165, 1.54) is 36.0 Å². The Morgan fingerprint density at radius 2 is 1.76 bits per heavy atom. The second-order valence-electron chi connectivity index (χ2n) is 6.98. The van der Waals surface area contributed by atoms with Crippen molar-refractivity contribution in [3.05, 3.63) is 84.7 Å². The van der Waals surface area contributed by atoms with Crippen molar-refractivity contribution in [1.29, 1.82) is 0 Å². The van der Waals surface area contributed by atoms with Crippen molar-refractivity contribution in [1.82, 2.24) is 25.1 Å². The molecular weight excluding hydrogens is 467 g/mol. The standard InChI is InChI=1S/C23H18F3N5O2S/c24-23(25,26)33-19-10-8-16(9-11-19)13-28-20(32)15-34-22-30-29-21(17-5-4-12-27-14-17)31(22)18-6-2-1-3-7-18/h1-12,14H,13,15H2,(H,28,32). The summed E-state index contributed by atoms with van der Waals surface area (Å²) in [5, 5.41) is 11.8. The summed E-state index contributed by atoms with van der Waals surface area (Å²) in [5.41, 5.74) is 2.27. The first-order chi connectivity index (χ1) is 16.4. The Labute approximate surface area is 197 Å². The molecule has 2 heterocycles. The van der Waals surface area contributed by atoms with Crippen LogP contribution in [0.3, 0.4) is 0 Å². The number of aromatic nitrogens is 4. The second-order valence-corrected chi connectivity index (χ2v) is 7.92. The van der Waals surface area contributed by atoms with Gasteiger partial charge in [-0.15, -0.1) is 23.4 Å². The van der Waals surface area contributed by atoms with Crippen LogP contribution in [0, 0.1) is 0 Å². The predicted octanol–water partition coefficient (Wildman–Crippen LogP) is 4.64. The highest BCUT2D eigenvalue weighted by molar-refractivity contribution is 7.99. The lowest BCUT2D eigenvalue weighted by molar-refractivity contribution is -0.274. The Morgan fingerprint density at radius 1 is 1.00 bits per heavy atom. The van der Waals surface area contributed by atoms with Gasteiger partial charge in [0.25, 0.3) is 0 Å². The summed E-state index contributed by atoms with van der Waals surface area (Å²) >= 11 is 1.22. The van der Waals surface area contributed by atoms with Crippen molar-refractivity contribution < 1.29 is 22.7 Å². The fourth-order valence-electron chi connectivity index (χ4n) is 3.05. The molecule has 0 spiro atoms. The molecule has 4 aromatic rings. The maximum absolute atomic E-state index is 12.4. The number of nitrogens with one attached hydrogen (secondary N) is 1. The molecular formula is C23H18F3N5O2S. The number of benzene rings is 2. The van der Waals surface area contributed by atoms with Crippen molar-refractivity contribution in [2.24, 2.45) is 0 Å². The molecule has 0 aliphatic heterocycles. The number of alkyl halides is 3. The molecule has 174 valence electrons. The minimum absolute atomic E-state index is 0.0767. The molecule has 4 rings (SSSR count). The van der Waals surface area contributed by atoms with Crippen LogP contribution in [0.2, 0.25) is 0 Å². The average Bonchev–Trinajstić information content (AvgIpc) is 3.26. The molecule has 0 aliphatic rings. The van der Waals surface area contributed by atoms with Crippen LogP contribution in [0.25, 0.3) is 17.1 Å². The van der Waals surface area contributed by atoms with E-state index in [0.29, 0.717) is 16.5 Å². The normalized spacial score (nSPS) is 11.3. The molecule has 0 atom stereocenters. The molecule has 0 radical (unpaired) electrons. The van der Waals surface area contributed by atoms with E-state index >= 15 is 0 Å². The van der Waals surface area contributed by atoms with E-state index in [0.717, 1.165) is 11.3 Å². The van der Waals surface area contributed by atoms with Gasteiger partial charge in [0, 0.05) is 30.2 Å². The number of para-hydroxylation sites is 1. The number of hydrogen-bond acceptors (Lipinski definition) is 6. The van der Waals surface area contributed by atoms with Gasteiger partial charge < -0.3 is 10.1 Å². The van der Waals surface area contributed by atoms with E-state index in [4.69, 9.17) is 0 Å². The maximum Gasteiger partial charge on any atom is 0.573 e.